The topological polar surface area (TPSA) is 81.4 Å². The molecule has 0 bridgehead atoms. The van der Waals surface area contributed by atoms with Gasteiger partial charge in [0.25, 0.3) is 0 Å². The molecule has 0 spiro atoms. The van der Waals surface area contributed by atoms with Gasteiger partial charge in [-0.25, -0.2) is 4.79 Å². The summed E-state index contributed by atoms with van der Waals surface area (Å²) < 4.78 is 4.79. The Hall–Kier alpha value is -1.10. The first kappa shape index (κ1) is 14.0. The van der Waals surface area contributed by atoms with E-state index >= 15 is 0 Å². The fourth-order valence-corrected chi connectivity index (χ4v) is 2.24. The van der Waals surface area contributed by atoms with Crippen molar-refractivity contribution in [1.29, 1.82) is 0 Å². The lowest BCUT2D eigenvalue weighted by Gasteiger charge is -2.27. The minimum atomic E-state index is -0.788. The van der Waals surface area contributed by atoms with Crippen LogP contribution in [-0.4, -0.2) is 30.6 Å². The molecule has 0 radical (unpaired) electrons. The van der Waals surface area contributed by atoms with Crippen molar-refractivity contribution < 1.29 is 14.3 Å². The van der Waals surface area contributed by atoms with Crippen molar-refractivity contribution in [2.45, 2.75) is 57.0 Å². The van der Waals surface area contributed by atoms with E-state index in [1.807, 2.05) is 6.92 Å². The van der Waals surface area contributed by atoms with E-state index in [4.69, 9.17) is 10.5 Å². The first-order valence-corrected chi connectivity index (χ1v) is 6.15. The summed E-state index contributed by atoms with van der Waals surface area (Å²) in [6.07, 6.45) is 4.22. The van der Waals surface area contributed by atoms with Crippen LogP contribution in [0.5, 0.6) is 0 Å². The molecular formula is C12H22N2O3. The summed E-state index contributed by atoms with van der Waals surface area (Å²) in [6, 6.07) is -0.00148. The Kier molecular flexibility index (Phi) is 4.93. The first-order valence-electron chi connectivity index (χ1n) is 6.15. The molecule has 0 aliphatic heterocycles. The predicted molar refractivity (Wildman–Crippen MR) is 64.2 cm³/mol. The molecular weight excluding hydrogens is 220 g/mol. The molecule has 5 nitrogen and oxygen atoms in total. The number of esters is 1. The molecule has 1 saturated carbocycles. The van der Waals surface area contributed by atoms with Crippen LogP contribution in [0.4, 0.5) is 0 Å². The normalized spacial score (nSPS) is 19.7. The molecule has 1 aliphatic carbocycles. The third kappa shape index (κ3) is 3.70. The number of methoxy groups -OCH3 is 1. The summed E-state index contributed by atoms with van der Waals surface area (Å²) in [5.74, 6) is -0.446. The fraction of sp³-hybridized carbons (Fsp3) is 0.833. The van der Waals surface area contributed by atoms with Crippen LogP contribution in [-0.2, 0) is 14.3 Å². The van der Waals surface area contributed by atoms with Gasteiger partial charge in [0.1, 0.15) is 5.54 Å². The number of amides is 1. The molecule has 3 N–H and O–H groups in total. The van der Waals surface area contributed by atoms with Crippen LogP contribution in [0.3, 0.4) is 0 Å². The van der Waals surface area contributed by atoms with Crippen LogP contribution < -0.4 is 11.1 Å². The molecule has 1 amide bonds. The highest BCUT2D eigenvalue weighted by Crippen LogP contribution is 2.30. The summed E-state index contributed by atoms with van der Waals surface area (Å²) >= 11 is 0. The van der Waals surface area contributed by atoms with Crippen molar-refractivity contribution in [2.24, 2.45) is 5.73 Å². The fourth-order valence-electron chi connectivity index (χ4n) is 2.24. The van der Waals surface area contributed by atoms with E-state index in [0.29, 0.717) is 25.7 Å². The lowest BCUT2D eigenvalue weighted by Crippen LogP contribution is -2.53. The van der Waals surface area contributed by atoms with Gasteiger partial charge < -0.3 is 15.8 Å². The Morgan fingerprint density at radius 1 is 1.41 bits per heavy atom. The number of hydrogen-bond donors (Lipinski definition) is 2. The minimum absolute atomic E-state index is 0.00148. The van der Waals surface area contributed by atoms with Crippen molar-refractivity contribution in [3.05, 3.63) is 0 Å². The average Bonchev–Trinajstić information content (AvgIpc) is 2.75. The van der Waals surface area contributed by atoms with Gasteiger partial charge in [0, 0.05) is 12.5 Å². The SMILES string of the molecule is COC(=O)C1(NC(=O)CCC(C)N)CCCC1. The second-order valence-corrected chi connectivity index (χ2v) is 4.84. The van der Waals surface area contributed by atoms with Gasteiger partial charge in [0.2, 0.25) is 5.91 Å². The zero-order chi connectivity index (χ0) is 12.9. The van der Waals surface area contributed by atoms with Crippen molar-refractivity contribution in [3.8, 4) is 0 Å². The van der Waals surface area contributed by atoms with Gasteiger partial charge in [-0.2, -0.15) is 0 Å². The molecule has 0 aromatic rings. The second kappa shape index (κ2) is 6.00. The van der Waals surface area contributed by atoms with Gasteiger partial charge in [-0.05, 0) is 26.2 Å². The van der Waals surface area contributed by atoms with E-state index in [-0.39, 0.29) is 17.9 Å². The Labute approximate surface area is 102 Å². The maximum atomic E-state index is 11.8. The largest absolute Gasteiger partial charge is 0.467 e. The number of carbonyl (C=O) groups is 2. The van der Waals surface area contributed by atoms with Gasteiger partial charge in [0.15, 0.2) is 0 Å². The molecule has 98 valence electrons. The summed E-state index contributed by atoms with van der Waals surface area (Å²) in [5.41, 5.74) is 4.81. The maximum absolute atomic E-state index is 11.8. The average molecular weight is 242 g/mol. The van der Waals surface area contributed by atoms with Crippen LogP contribution in [0.15, 0.2) is 0 Å². The lowest BCUT2D eigenvalue weighted by atomic mass is 9.97. The van der Waals surface area contributed by atoms with Crippen molar-refractivity contribution in [2.75, 3.05) is 7.11 Å². The van der Waals surface area contributed by atoms with E-state index in [9.17, 15) is 9.59 Å². The number of nitrogens with two attached hydrogens (primary N) is 1. The van der Waals surface area contributed by atoms with E-state index in [1.165, 1.54) is 7.11 Å². The molecule has 1 unspecified atom stereocenters. The third-order valence-electron chi connectivity index (χ3n) is 3.24. The van der Waals surface area contributed by atoms with Crippen LogP contribution >= 0.6 is 0 Å². The van der Waals surface area contributed by atoms with Crippen molar-refractivity contribution >= 4 is 11.9 Å². The van der Waals surface area contributed by atoms with Crippen LogP contribution in [0, 0.1) is 0 Å². The highest BCUT2D eigenvalue weighted by atomic mass is 16.5. The molecule has 17 heavy (non-hydrogen) atoms. The smallest absolute Gasteiger partial charge is 0.331 e. The maximum Gasteiger partial charge on any atom is 0.331 e. The molecule has 1 aliphatic rings. The molecule has 0 aromatic carbocycles. The minimum Gasteiger partial charge on any atom is -0.467 e. The van der Waals surface area contributed by atoms with Crippen LogP contribution in [0.1, 0.15) is 45.4 Å². The molecule has 5 heteroatoms. The second-order valence-electron chi connectivity index (χ2n) is 4.84. The van der Waals surface area contributed by atoms with Gasteiger partial charge in [-0.1, -0.05) is 12.8 Å². The highest BCUT2D eigenvalue weighted by Gasteiger charge is 2.43. The Morgan fingerprint density at radius 2 is 2.00 bits per heavy atom. The molecule has 1 fully saturated rings. The van der Waals surface area contributed by atoms with Crippen molar-refractivity contribution in [3.63, 3.8) is 0 Å². The molecule has 0 aromatic heterocycles. The molecule has 0 saturated heterocycles. The zero-order valence-corrected chi connectivity index (χ0v) is 10.6. The number of hydrogen-bond acceptors (Lipinski definition) is 4. The molecule has 0 heterocycles. The number of carbonyl (C=O) groups excluding carboxylic acids is 2. The number of rotatable bonds is 5. The van der Waals surface area contributed by atoms with Crippen LogP contribution in [0.2, 0.25) is 0 Å². The Balaban J connectivity index is 2.55. The zero-order valence-electron chi connectivity index (χ0n) is 10.6. The Morgan fingerprint density at radius 3 is 2.47 bits per heavy atom. The lowest BCUT2D eigenvalue weighted by molar-refractivity contribution is -0.150. The summed E-state index contributed by atoms with van der Waals surface area (Å²) in [4.78, 5) is 23.5. The van der Waals surface area contributed by atoms with Gasteiger partial charge in [-0.15, -0.1) is 0 Å². The van der Waals surface area contributed by atoms with Gasteiger partial charge in [-0.3, -0.25) is 4.79 Å². The van der Waals surface area contributed by atoms with E-state index < -0.39 is 5.54 Å². The van der Waals surface area contributed by atoms with Crippen molar-refractivity contribution in [1.82, 2.24) is 5.32 Å². The quantitative estimate of drug-likeness (QED) is 0.696. The molecule has 1 rings (SSSR count). The van der Waals surface area contributed by atoms with Gasteiger partial charge >= 0.3 is 5.97 Å². The molecule has 1 atom stereocenters. The van der Waals surface area contributed by atoms with Gasteiger partial charge in [0.05, 0.1) is 7.11 Å². The summed E-state index contributed by atoms with van der Waals surface area (Å²) in [5, 5.41) is 2.83. The standard InChI is InChI=1S/C12H22N2O3/c1-9(13)5-6-10(15)14-12(11(16)17-2)7-3-4-8-12/h9H,3-8,13H2,1-2H3,(H,14,15). The summed E-state index contributed by atoms with van der Waals surface area (Å²) in [6.45, 7) is 1.86. The first-order chi connectivity index (χ1) is 8.00. The Bertz CT molecular complexity index is 283. The third-order valence-corrected chi connectivity index (χ3v) is 3.24. The monoisotopic (exact) mass is 242 g/mol. The van der Waals surface area contributed by atoms with E-state index in [0.717, 1.165) is 12.8 Å². The predicted octanol–water partition coefficient (Wildman–Crippen LogP) is 0.716. The van der Waals surface area contributed by atoms with Crippen LogP contribution in [0.25, 0.3) is 0 Å². The van der Waals surface area contributed by atoms with E-state index in [1.54, 1.807) is 0 Å². The number of nitrogens with one attached hydrogen (secondary N) is 1. The number of ether oxygens (including phenoxy) is 1. The summed E-state index contributed by atoms with van der Waals surface area (Å²) in [7, 11) is 1.36. The van der Waals surface area contributed by atoms with E-state index in [2.05, 4.69) is 5.32 Å². The highest BCUT2D eigenvalue weighted by molar-refractivity contribution is 5.88.